The Hall–Kier alpha value is -2.05. The molecule has 184 valence electrons. The van der Waals surface area contributed by atoms with Gasteiger partial charge in [-0.2, -0.15) is 0 Å². The lowest BCUT2D eigenvalue weighted by Gasteiger charge is -2.39. The van der Waals surface area contributed by atoms with Gasteiger partial charge in [0.05, 0.1) is 11.9 Å². The maximum Gasteiger partial charge on any atom is 0.0965 e. The fourth-order valence-electron chi connectivity index (χ4n) is 5.09. The highest BCUT2D eigenvalue weighted by atomic mass is 32.2. The van der Waals surface area contributed by atoms with Gasteiger partial charge in [-0.3, -0.25) is 5.32 Å². The van der Waals surface area contributed by atoms with Crippen molar-refractivity contribution in [3.8, 4) is 0 Å². The first-order chi connectivity index (χ1) is 16.6. The number of hydrogen-bond acceptors (Lipinski definition) is 6. The molecule has 3 heterocycles. The maximum atomic E-state index is 6.28. The van der Waals surface area contributed by atoms with Crippen LogP contribution in [0.1, 0.15) is 58.8 Å². The first kappa shape index (κ1) is 23.7. The van der Waals surface area contributed by atoms with Crippen LogP contribution in [0.4, 0.5) is 0 Å². The van der Waals surface area contributed by atoms with Crippen molar-refractivity contribution in [1.29, 1.82) is 0 Å². The SMILES string of the molecule is CCS/C(=C/C=C(\N)CNC1C=CC2=C(CCCN2C2=CC(C3CC3)NC(C3CC3)=C2)N1)CC. The van der Waals surface area contributed by atoms with E-state index < -0.39 is 0 Å². The summed E-state index contributed by atoms with van der Waals surface area (Å²) in [5, 5.41) is 11.2. The lowest BCUT2D eigenvalue weighted by Crippen LogP contribution is -2.46. The van der Waals surface area contributed by atoms with Crippen LogP contribution < -0.4 is 21.7 Å². The normalized spacial score (nSPS) is 27.6. The van der Waals surface area contributed by atoms with Crippen molar-refractivity contribution in [2.24, 2.45) is 17.6 Å². The highest BCUT2D eigenvalue weighted by Gasteiger charge is 2.37. The third-order valence-electron chi connectivity index (χ3n) is 7.32. The Bertz CT molecular complexity index is 948. The van der Waals surface area contributed by atoms with Gasteiger partial charge in [0.25, 0.3) is 0 Å². The van der Waals surface area contributed by atoms with E-state index in [1.165, 1.54) is 59.8 Å². The van der Waals surface area contributed by atoms with E-state index in [0.717, 1.165) is 42.7 Å². The average Bonchev–Trinajstić information content (AvgIpc) is 3.77. The molecule has 0 aromatic rings. The van der Waals surface area contributed by atoms with E-state index in [-0.39, 0.29) is 6.17 Å². The zero-order valence-corrected chi connectivity index (χ0v) is 21.6. The Balaban J connectivity index is 1.23. The largest absolute Gasteiger partial charge is 0.401 e. The predicted molar refractivity (Wildman–Crippen MR) is 144 cm³/mol. The van der Waals surface area contributed by atoms with Gasteiger partial charge in [-0.05, 0) is 97.8 Å². The van der Waals surface area contributed by atoms with E-state index in [1.807, 2.05) is 11.8 Å². The first-order valence-corrected chi connectivity index (χ1v) is 14.3. The summed E-state index contributed by atoms with van der Waals surface area (Å²) in [5.41, 5.74) is 12.7. The number of nitrogens with two attached hydrogens (primary N) is 1. The quantitative estimate of drug-likeness (QED) is 0.337. The Morgan fingerprint density at radius 3 is 2.79 bits per heavy atom. The van der Waals surface area contributed by atoms with Gasteiger partial charge >= 0.3 is 0 Å². The summed E-state index contributed by atoms with van der Waals surface area (Å²) in [7, 11) is 0. The standard InChI is InChI=1S/C28H41N5S/c1-3-23(34-4-2)12-11-21(29)18-30-28-14-13-27-24(32-28)6-5-15-33(27)22-16-25(19-7-8-19)31-26(17-22)20-9-10-20/h11-14,16-17,19-20,25,28,30-32H,3-10,15,18,29H2,1-2H3/b21-11-,23-12+. The highest BCUT2D eigenvalue weighted by Crippen LogP contribution is 2.42. The Kier molecular flexibility index (Phi) is 7.45. The van der Waals surface area contributed by atoms with Crippen LogP contribution in [0.2, 0.25) is 0 Å². The van der Waals surface area contributed by atoms with Crippen molar-refractivity contribution in [1.82, 2.24) is 20.9 Å². The third kappa shape index (κ3) is 5.77. The molecule has 5 N–H and O–H groups in total. The van der Waals surface area contributed by atoms with Crippen molar-refractivity contribution in [2.75, 3.05) is 18.8 Å². The van der Waals surface area contributed by atoms with Crippen LogP contribution in [0.5, 0.6) is 0 Å². The summed E-state index contributed by atoms with van der Waals surface area (Å²) in [6.07, 6.45) is 22.6. The van der Waals surface area contributed by atoms with Crippen LogP contribution in [0.3, 0.4) is 0 Å². The van der Waals surface area contributed by atoms with E-state index >= 15 is 0 Å². The van der Waals surface area contributed by atoms with Crippen molar-refractivity contribution in [2.45, 2.75) is 71.0 Å². The summed E-state index contributed by atoms with van der Waals surface area (Å²) in [6, 6.07) is 0.518. The molecule has 2 saturated carbocycles. The Morgan fingerprint density at radius 1 is 1.21 bits per heavy atom. The molecule has 2 aliphatic carbocycles. The van der Waals surface area contributed by atoms with Crippen LogP contribution in [0.25, 0.3) is 0 Å². The molecule has 2 unspecified atom stereocenters. The van der Waals surface area contributed by atoms with Gasteiger partial charge in [-0.25, -0.2) is 0 Å². The predicted octanol–water partition coefficient (Wildman–Crippen LogP) is 4.82. The monoisotopic (exact) mass is 479 g/mol. The van der Waals surface area contributed by atoms with Crippen LogP contribution in [0.15, 0.2) is 69.8 Å². The number of dihydropyridines is 2. The molecule has 5 nitrogen and oxygen atoms in total. The minimum absolute atomic E-state index is 0.115. The summed E-state index contributed by atoms with van der Waals surface area (Å²) in [5.74, 6) is 2.69. The molecular formula is C28H41N5S. The molecule has 2 atom stereocenters. The highest BCUT2D eigenvalue weighted by molar-refractivity contribution is 8.03. The molecule has 3 aliphatic heterocycles. The van der Waals surface area contributed by atoms with Crippen molar-refractivity contribution in [3.63, 3.8) is 0 Å². The Morgan fingerprint density at radius 2 is 2.06 bits per heavy atom. The molecule has 5 aliphatic rings. The summed E-state index contributed by atoms with van der Waals surface area (Å²) >= 11 is 1.89. The molecule has 0 spiro atoms. The molecule has 5 rings (SSSR count). The van der Waals surface area contributed by atoms with Crippen molar-refractivity contribution >= 4 is 11.8 Å². The van der Waals surface area contributed by atoms with Crippen LogP contribution >= 0.6 is 11.8 Å². The average molecular weight is 480 g/mol. The smallest absolute Gasteiger partial charge is 0.0965 e. The van der Waals surface area contributed by atoms with Gasteiger partial charge in [0, 0.05) is 41.9 Å². The second kappa shape index (κ2) is 10.7. The third-order valence-corrected chi connectivity index (χ3v) is 8.40. The van der Waals surface area contributed by atoms with E-state index in [4.69, 9.17) is 5.73 Å². The molecule has 2 fully saturated rings. The zero-order valence-electron chi connectivity index (χ0n) is 20.8. The summed E-state index contributed by atoms with van der Waals surface area (Å²) in [6.45, 7) is 6.15. The van der Waals surface area contributed by atoms with Gasteiger partial charge in [0.1, 0.15) is 0 Å². The van der Waals surface area contributed by atoms with E-state index in [0.29, 0.717) is 12.6 Å². The fourth-order valence-corrected chi connectivity index (χ4v) is 5.83. The number of nitrogens with one attached hydrogen (secondary N) is 3. The lowest BCUT2D eigenvalue weighted by atomic mass is 9.99. The molecule has 6 heteroatoms. The topological polar surface area (TPSA) is 65.3 Å². The van der Waals surface area contributed by atoms with E-state index in [9.17, 15) is 0 Å². The fraction of sp³-hybridized carbons (Fsp3) is 0.571. The van der Waals surface area contributed by atoms with E-state index in [2.05, 4.69) is 71.2 Å². The number of thioether (sulfide) groups is 1. The summed E-state index contributed by atoms with van der Waals surface area (Å²) < 4.78 is 0. The van der Waals surface area contributed by atoms with Gasteiger partial charge in [0.15, 0.2) is 0 Å². The molecule has 0 amide bonds. The molecule has 0 saturated heterocycles. The van der Waals surface area contributed by atoms with E-state index in [1.54, 1.807) is 0 Å². The molecule has 0 aromatic heterocycles. The van der Waals surface area contributed by atoms with Crippen LogP contribution in [-0.2, 0) is 0 Å². The molecule has 0 radical (unpaired) electrons. The number of allylic oxidation sites excluding steroid dienone is 7. The van der Waals surface area contributed by atoms with Gasteiger partial charge in [-0.15, -0.1) is 11.8 Å². The van der Waals surface area contributed by atoms with Crippen LogP contribution in [0, 0.1) is 11.8 Å². The molecule has 0 aromatic carbocycles. The zero-order chi connectivity index (χ0) is 23.5. The minimum Gasteiger partial charge on any atom is -0.401 e. The van der Waals surface area contributed by atoms with Gasteiger partial charge in [0.2, 0.25) is 0 Å². The van der Waals surface area contributed by atoms with Crippen molar-refractivity contribution < 1.29 is 0 Å². The summed E-state index contributed by atoms with van der Waals surface area (Å²) in [4.78, 5) is 3.93. The molecular weight excluding hydrogens is 438 g/mol. The van der Waals surface area contributed by atoms with Gasteiger partial charge in [-0.1, -0.05) is 19.9 Å². The molecule has 34 heavy (non-hydrogen) atoms. The lowest BCUT2D eigenvalue weighted by molar-refractivity contribution is 0.373. The van der Waals surface area contributed by atoms with Crippen molar-refractivity contribution in [3.05, 3.63) is 69.8 Å². The Labute approximate surface area is 209 Å². The first-order valence-electron chi connectivity index (χ1n) is 13.3. The number of nitrogens with zero attached hydrogens (tertiary/aromatic N) is 1. The minimum atomic E-state index is 0.115. The molecule has 0 bridgehead atoms. The van der Waals surface area contributed by atoms with Crippen LogP contribution in [-0.4, -0.2) is 35.9 Å². The van der Waals surface area contributed by atoms with Gasteiger partial charge < -0.3 is 21.3 Å². The number of hydrogen-bond donors (Lipinski definition) is 4. The maximum absolute atomic E-state index is 6.28. The second-order valence-electron chi connectivity index (χ2n) is 10.1. The second-order valence-corrected chi connectivity index (χ2v) is 11.5. The number of rotatable bonds is 10.